The number of nitriles is 1. The molecule has 0 fully saturated rings. The monoisotopic (exact) mass is 232 g/mol. The second-order valence-electron chi connectivity index (χ2n) is 4.26. The summed E-state index contributed by atoms with van der Waals surface area (Å²) in [4.78, 5) is 10.2. The van der Waals surface area contributed by atoms with Gasteiger partial charge in [0.05, 0.1) is 17.1 Å². The Morgan fingerprint density at radius 2 is 2.29 bits per heavy atom. The van der Waals surface area contributed by atoms with Gasteiger partial charge in [-0.1, -0.05) is 6.07 Å². The minimum Gasteiger partial charge on any atom is -0.388 e. The number of nitro groups is 1. The first kappa shape index (κ1) is 11.6. The van der Waals surface area contributed by atoms with Crippen LogP contribution in [0.4, 0.5) is 5.69 Å². The maximum atomic E-state index is 10.7. The molecule has 1 aromatic carbocycles. The summed E-state index contributed by atoms with van der Waals surface area (Å²) in [5, 5.41) is 29.5. The number of benzene rings is 1. The number of rotatable bonds is 1. The van der Waals surface area contributed by atoms with Crippen molar-refractivity contribution >= 4 is 5.69 Å². The van der Waals surface area contributed by atoms with Gasteiger partial charge in [-0.15, -0.1) is 0 Å². The molecule has 0 heterocycles. The minimum absolute atomic E-state index is 0.0155. The molecule has 1 aliphatic rings. The molecular weight excluding hydrogens is 220 g/mol. The summed E-state index contributed by atoms with van der Waals surface area (Å²) in [5.41, 5.74) is 1.48. The Morgan fingerprint density at radius 3 is 2.94 bits per heavy atom. The summed E-state index contributed by atoms with van der Waals surface area (Å²) >= 11 is 0. The molecular formula is C12H12N2O3. The van der Waals surface area contributed by atoms with Crippen molar-refractivity contribution in [2.45, 2.75) is 25.4 Å². The fourth-order valence-corrected chi connectivity index (χ4v) is 2.20. The Bertz CT molecular complexity index is 493. The molecule has 1 N–H and O–H groups in total. The van der Waals surface area contributed by atoms with E-state index in [0.29, 0.717) is 24.8 Å². The van der Waals surface area contributed by atoms with Crippen LogP contribution in [-0.2, 0) is 6.42 Å². The van der Waals surface area contributed by atoms with Gasteiger partial charge in [0.25, 0.3) is 5.69 Å². The Hall–Kier alpha value is -1.93. The molecule has 0 amide bonds. The fraction of sp³-hybridized carbons (Fsp3) is 0.417. The van der Waals surface area contributed by atoms with Gasteiger partial charge < -0.3 is 5.11 Å². The van der Waals surface area contributed by atoms with Crippen molar-refractivity contribution in [2.75, 3.05) is 0 Å². The van der Waals surface area contributed by atoms with E-state index in [0.717, 1.165) is 5.56 Å². The third-order valence-electron chi connectivity index (χ3n) is 3.15. The van der Waals surface area contributed by atoms with Gasteiger partial charge in [-0.25, -0.2) is 0 Å². The Balaban J connectivity index is 2.39. The molecule has 2 atom stereocenters. The maximum Gasteiger partial charge on any atom is 0.269 e. The molecule has 0 unspecified atom stereocenters. The van der Waals surface area contributed by atoms with Crippen LogP contribution in [0.2, 0.25) is 0 Å². The number of nitrogens with zero attached hydrogens (tertiary/aromatic N) is 2. The molecule has 0 spiro atoms. The molecule has 2 rings (SSSR count). The quantitative estimate of drug-likeness (QED) is 0.456. The molecule has 1 aromatic rings. The fourth-order valence-electron chi connectivity index (χ4n) is 2.20. The predicted octanol–water partition coefficient (Wildman–Crippen LogP) is 2.10. The molecule has 1 aliphatic carbocycles. The highest BCUT2D eigenvalue weighted by Gasteiger charge is 2.24. The van der Waals surface area contributed by atoms with Crippen LogP contribution in [0.25, 0.3) is 0 Å². The van der Waals surface area contributed by atoms with Crippen LogP contribution in [0, 0.1) is 27.4 Å². The van der Waals surface area contributed by atoms with E-state index in [9.17, 15) is 15.2 Å². The first-order valence-electron chi connectivity index (χ1n) is 5.46. The number of aliphatic hydroxyl groups is 1. The van der Waals surface area contributed by atoms with Crippen LogP contribution >= 0.6 is 0 Å². The normalized spacial score (nSPS) is 23.3. The maximum absolute atomic E-state index is 10.7. The van der Waals surface area contributed by atoms with Gasteiger partial charge in [0.15, 0.2) is 0 Å². The van der Waals surface area contributed by atoms with Crippen LogP contribution in [0.3, 0.4) is 0 Å². The van der Waals surface area contributed by atoms with Crippen LogP contribution in [0.15, 0.2) is 18.2 Å². The largest absolute Gasteiger partial charge is 0.388 e. The Morgan fingerprint density at radius 1 is 1.53 bits per heavy atom. The summed E-state index contributed by atoms with van der Waals surface area (Å²) < 4.78 is 0. The van der Waals surface area contributed by atoms with Crippen molar-refractivity contribution in [2.24, 2.45) is 5.92 Å². The SMILES string of the molecule is N#C[C@H]1CCc2ccc([N+](=O)[O-])cc2[C@H](O)C1. The van der Waals surface area contributed by atoms with Crippen LogP contribution < -0.4 is 0 Å². The van der Waals surface area contributed by atoms with Crippen LogP contribution in [0.5, 0.6) is 0 Å². The molecule has 0 saturated heterocycles. The van der Waals surface area contributed by atoms with Gasteiger partial charge in [-0.2, -0.15) is 5.26 Å². The second-order valence-corrected chi connectivity index (χ2v) is 4.26. The van der Waals surface area contributed by atoms with Crippen molar-refractivity contribution in [1.82, 2.24) is 0 Å². The van der Waals surface area contributed by atoms with Gasteiger partial charge >= 0.3 is 0 Å². The highest BCUT2D eigenvalue weighted by Crippen LogP contribution is 2.33. The number of fused-ring (bicyclic) bond motifs is 1. The first-order chi connectivity index (χ1) is 8.11. The molecule has 5 heteroatoms. The van der Waals surface area contributed by atoms with E-state index < -0.39 is 11.0 Å². The molecule has 17 heavy (non-hydrogen) atoms. The van der Waals surface area contributed by atoms with Crippen LogP contribution in [-0.4, -0.2) is 10.0 Å². The average Bonchev–Trinajstić information content (AvgIpc) is 2.48. The topological polar surface area (TPSA) is 87.2 Å². The highest BCUT2D eigenvalue weighted by atomic mass is 16.6. The van der Waals surface area contributed by atoms with Crippen molar-refractivity contribution in [3.8, 4) is 6.07 Å². The molecule has 5 nitrogen and oxygen atoms in total. The van der Waals surface area contributed by atoms with Crippen molar-refractivity contribution in [3.05, 3.63) is 39.4 Å². The Kier molecular flexibility index (Phi) is 3.07. The zero-order chi connectivity index (χ0) is 12.4. The van der Waals surface area contributed by atoms with Gasteiger partial charge in [-0.05, 0) is 30.4 Å². The number of aryl methyl sites for hydroxylation is 1. The minimum atomic E-state index is -0.781. The van der Waals surface area contributed by atoms with Crippen molar-refractivity contribution < 1.29 is 10.0 Å². The van der Waals surface area contributed by atoms with E-state index in [1.54, 1.807) is 6.07 Å². The lowest BCUT2D eigenvalue weighted by Crippen LogP contribution is -2.03. The number of hydrogen-bond donors (Lipinski definition) is 1. The van der Waals surface area contributed by atoms with E-state index in [2.05, 4.69) is 6.07 Å². The molecule has 88 valence electrons. The van der Waals surface area contributed by atoms with Gasteiger partial charge in [0, 0.05) is 18.1 Å². The van der Waals surface area contributed by atoms with Crippen LogP contribution in [0.1, 0.15) is 30.1 Å². The van der Waals surface area contributed by atoms with Crippen molar-refractivity contribution in [1.29, 1.82) is 5.26 Å². The summed E-state index contributed by atoms with van der Waals surface area (Å²) in [5.74, 6) is -0.184. The first-order valence-corrected chi connectivity index (χ1v) is 5.46. The number of nitro benzene ring substituents is 1. The number of hydrogen-bond acceptors (Lipinski definition) is 4. The lowest BCUT2D eigenvalue weighted by atomic mass is 9.99. The summed E-state index contributed by atoms with van der Waals surface area (Å²) in [7, 11) is 0. The molecule has 0 bridgehead atoms. The van der Waals surface area contributed by atoms with Gasteiger partial charge in [0.2, 0.25) is 0 Å². The molecule has 0 radical (unpaired) electrons. The highest BCUT2D eigenvalue weighted by molar-refractivity contribution is 5.41. The Labute approximate surface area is 98.5 Å². The smallest absolute Gasteiger partial charge is 0.269 e. The third-order valence-corrected chi connectivity index (χ3v) is 3.15. The van der Waals surface area contributed by atoms with Gasteiger partial charge in [-0.3, -0.25) is 10.1 Å². The zero-order valence-electron chi connectivity index (χ0n) is 9.17. The standard InChI is InChI=1S/C12H12N2O3/c13-7-8-1-2-9-3-4-10(14(16)17)6-11(9)12(15)5-8/h3-4,6,8,12,15H,1-2,5H2/t8-,12+/m0/s1. The lowest BCUT2D eigenvalue weighted by Gasteiger charge is -2.11. The second kappa shape index (κ2) is 4.52. The lowest BCUT2D eigenvalue weighted by molar-refractivity contribution is -0.385. The number of non-ortho nitro benzene ring substituents is 1. The van der Waals surface area contributed by atoms with Gasteiger partial charge in [0.1, 0.15) is 0 Å². The predicted molar refractivity (Wildman–Crippen MR) is 60.1 cm³/mol. The molecule has 0 saturated carbocycles. The van der Waals surface area contributed by atoms with E-state index in [1.807, 2.05) is 0 Å². The summed E-state index contributed by atoms with van der Waals surface area (Å²) in [6.45, 7) is 0. The van der Waals surface area contributed by atoms with Crippen molar-refractivity contribution in [3.63, 3.8) is 0 Å². The molecule has 0 aliphatic heterocycles. The van der Waals surface area contributed by atoms with E-state index in [1.165, 1.54) is 12.1 Å². The van der Waals surface area contributed by atoms with E-state index in [4.69, 9.17) is 5.26 Å². The summed E-state index contributed by atoms with van der Waals surface area (Å²) in [6, 6.07) is 6.69. The third kappa shape index (κ3) is 2.27. The van der Waals surface area contributed by atoms with E-state index in [-0.39, 0.29) is 11.6 Å². The average molecular weight is 232 g/mol. The number of aliphatic hydroxyl groups excluding tert-OH is 1. The van der Waals surface area contributed by atoms with E-state index >= 15 is 0 Å². The molecule has 0 aromatic heterocycles. The summed E-state index contributed by atoms with van der Waals surface area (Å²) in [6.07, 6.45) is 0.947. The zero-order valence-corrected chi connectivity index (χ0v) is 9.17.